The molecule has 0 saturated heterocycles. The first-order chi connectivity index (χ1) is 6.72. The van der Waals surface area contributed by atoms with Crippen LogP contribution in [0.5, 0.6) is 0 Å². The van der Waals surface area contributed by atoms with Gasteiger partial charge in [-0.1, -0.05) is 33.1 Å². The quantitative estimate of drug-likeness (QED) is 0.600. The summed E-state index contributed by atoms with van der Waals surface area (Å²) in [6.07, 6.45) is 12.2. The van der Waals surface area contributed by atoms with Crippen molar-refractivity contribution in [1.29, 1.82) is 0 Å². The highest BCUT2D eigenvalue weighted by Crippen LogP contribution is 2.42. The van der Waals surface area contributed by atoms with Crippen LogP contribution >= 0.6 is 0 Å². The van der Waals surface area contributed by atoms with Gasteiger partial charge in [0.05, 0.1) is 6.04 Å². The van der Waals surface area contributed by atoms with Crippen LogP contribution in [0.15, 0.2) is 4.99 Å². The number of rotatable bonds is 1. The van der Waals surface area contributed by atoms with Gasteiger partial charge >= 0.3 is 0 Å². The third-order valence-corrected chi connectivity index (χ3v) is 4.10. The van der Waals surface area contributed by atoms with Crippen LogP contribution in [0.2, 0.25) is 0 Å². The Bertz CT molecular complexity index is 211. The van der Waals surface area contributed by atoms with Crippen LogP contribution in [0, 0.1) is 11.3 Å². The first kappa shape index (κ1) is 10.2. The SMILES string of the molecule is CC(C)[C@H]1CCC2(C=N1)CCCCC2. The van der Waals surface area contributed by atoms with Gasteiger partial charge in [-0.25, -0.2) is 0 Å². The van der Waals surface area contributed by atoms with Crippen molar-refractivity contribution in [2.24, 2.45) is 16.3 Å². The summed E-state index contributed by atoms with van der Waals surface area (Å²) in [6, 6.07) is 0.613. The van der Waals surface area contributed by atoms with Crippen LogP contribution in [-0.4, -0.2) is 12.3 Å². The standard InChI is InChI=1S/C13H23N/c1-11(2)12-6-9-13(10-14-12)7-4-3-5-8-13/h10-12H,3-9H2,1-2H3/t12-/m1/s1. The summed E-state index contributed by atoms with van der Waals surface area (Å²) < 4.78 is 0. The van der Waals surface area contributed by atoms with Crippen molar-refractivity contribution in [3.05, 3.63) is 0 Å². The van der Waals surface area contributed by atoms with Crippen LogP contribution in [0.1, 0.15) is 58.8 Å². The number of hydrogen-bond acceptors (Lipinski definition) is 1. The summed E-state index contributed by atoms with van der Waals surface area (Å²) in [5.41, 5.74) is 0.531. The fourth-order valence-corrected chi connectivity index (χ4v) is 2.97. The minimum absolute atomic E-state index is 0.531. The molecule has 1 aliphatic heterocycles. The number of nitrogens with zero attached hydrogens (tertiary/aromatic N) is 1. The second kappa shape index (κ2) is 4.04. The topological polar surface area (TPSA) is 12.4 Å². The minimum atomic E-state index is 0.531. The lowest BCUT2D eigenvalue weighted by Gasteiger charge is -2.38. The molecule has 0 N–H and O–H groups in total. The van der Waals surface area contributed by atoms with E-state index in [1.165, 1.54) is 44.9 Å². The smallest absolute Gasteiger partial charge is 0.0519 e. The summed E-state index contributed by atoms with van der Waals surface area (Å²) in [6.45, 7) is 4.59. The first-order valence-electron chi connectivity index (χ1n) is 6.26. The van der Waals surface area contributed by atoms with E-state index in [9.17, 15) is 0 Å². The van der Waals surface area contributed by atoms with Crippen molar-refractivity contribution >= 4 is 6.21 Å². The number of hydrogen-bond donors (Lipinski definition) is 0. The average molecular weight is 193 g/mol. The van der Waals surface area contributed by atoms with Crippen molar-refractivity contribution in [1.82, 2.24) is 0 Å². The van der Waals surface area contributed by atoms with E-state index in [4.69, 9.17) is 4.99 Å². The molecule has 2 rings (SSSR count). The van der Waals surface area contributed by atoms with Gasteiger partial charge in [0.25, 0.3) is 0 Å². The first-order valence-corrected chi connectivity index (χ1v) is 6.26. The molecule has 80 valence electrons. The zero-order chi connectivity index (χ0) is 10.0. The monoisotopic (exact) mass is 193 g/mol. The molecule has 1 heteroatoms. The maximum absolute atomic E-state index is 4.78. The third kappa shape index (κ3) is 2.02. The fourth-order valence-electron chi connectivity index (χ4n) is 2.97. The van der Waals surface area contributed by atoms with E-state index < -0.39 is 0 Å². The largest absolute Gasteiger partial charge is 0.293 e. The number of aliphatic imine (C=N–C) groups is 1. The lowest BCUT2D eigenvalue weighted by molar-refractivity contribution is 0.236. The predicted octanol–water partition coefficient (Wildman–Crippen LogP) is 3.83. The molecule has 1 nitrogen and oxygen atoms in total. The molecule has 1 fully saturated rings. The van der Waals surface area contributed by atoms with Crippen LogP contribution < -0.4 is 0 Å². The Balaban J connectivity index is 2.01. The Morgan fingerprint density at radius 3 is 2.36 bits per heavy atom. The van der Waals surface area contributed by atoms with E-state index in [1.54, 1.807) is 0 Å². The molecule has 0 aromatic carbocycles. The van der Waals surface area contributed by atoms with Crippen molar-refractivity contribution in [3.8, 4) is 0 Å². The van der Waals surface area contributed by atoms with Crippen molar-refractivity contribution in [2.75, 3.05) is 0 Å². The lowest BCUT2D eigenvalue weighted by atomic mass is 9.69. The molecule has 1 spiro atoms. The molecule has 1 heterocycles. The molecule has 14 heavy (non-hydrogen) atoms. The van der Waals surface area contributed by atoms with E-state index in [2.05, 4.69) is 20.1 Å². The zero-order valence-electron chi connectivity index (χ0n) is 9.63. The summed E-state index contributed by atoms with van der Waals surface area (Å²) in [7, 11) is 0. The van der Waals surface area contributed by atoms with Crippen LogP contribution in [-0.2, 0) is 0 Å². The minimum Gasteiger partial charge on any atom is -0.293 e. The van der Waals surface area contributed by atoms with E-state index in [-0.39, 0.29) is 0 Å². The summed E-state index contributed by atoms with van der Waals surface area (Å²) in [4.78, 5) is 4.78. The lowest BCUT2D eigenvalue weighted by Crippen LogP contribution is -2.32. The van der Waals surface area contributed by atoms with Crippen LogP contribution in [0.3, 0.4) is 0 Å². The summed E-state index contributed by atoms with van der Waals surface area (Å²) >= 11 is 0. The molecular weight excluding hydrogens is 170 g/mol. The van der Waals surface area contributed by atoms with Gasteiger partial charge in [0.15, 0.2) is 0 Å². The molecule has 0 aromatic rings. The van der Waals surface area contributed by atoms with E-state index in [1.807, 2.05) is 0 Å². The van der Waals surface area contributed by atoms with Gasteiger partial charge in [-0.05, 0) is 31.6 Å². The van der Waals surface area contributed by atoms with Gasteiger partial charge in [0.1, 0.15) is 0 Å². The maximum atomic E-state index is 4.78. The maximum Gasteiger partial charge on any atom is 0.0519 e. The van der Waals surface area contributed by atoms with E-state index >= 15 is 0 Å². The summed E-state index contributed by atoms with van der Waals surface area (Å²) in [5, 5.41) is 0. The second-order valence-electron chi connectivity index (χ2n) is 5.55. The van der Waals surface area contributed by atoms with Gasteiger partial charge in [-0.2, -0.15) is 0 Å². The van der Waals surface area contributed by atoms with Gasteiger partial charge in [-0.15, -0.1) is 0 Å². The van der Waals surface area contributed by atoms with Crippen LogP contribution in [0.25, 0.3) is 0 Å². The summed E-state index contributed by atoms with van der Waals surface area (Å²) in [5.74, 6) is 0.729. The molecule has 1 atom stereocenters. The molecule has 0 amide bonds. The second-order valence-corrected chi connectivity index (χ2v) is 5.55. The highest BCUT2D eigenvalue weighted by Gasteiger charge is 2.34. The highest BCUT2D eigenvalue weighted by molar-refractivity contribution is 5.67. The molecule has 0 radical (unpaired) electrons. The molecule has 1 saturated carbocycles. The van der Waals surface area contributed by atoms with Crippen molar-refractivity contribution in [3.63, 3.8) is 0 Å². The molecule has 2 aliphatic rings. The predicted molar refractivity (Wildman–Crippen MR) is 61.9 cm³/mol. The Kier molecular flexibility index (Phi) is 2.94. The fraction of sp³-hybridized carbons (Fsp3) is 0.923. The molecule has 0 aromatic heterocycles. The van der Waals surface area contributed by atoms with E-state index in [0.717, 1.165) is 5.92 Å². The molecule has 0 unspecified atom stereocenters. The Morgan fingerprint density at radius 2 is 1.86 bits per heavy atom. The third-order valence-electron chi connectivity index (χ3n) is 4.10. The Hall–Kier alpha value is -0.330. The molecule has 0 bridgehead atoms. The molecule has 1 aliphatic carbocycles. The van der Waals surface area contributed by atoms with E-state index in [0.29, 0.717) is 11.5 Å². The Labute approximate surface area is 88.0 Å². The Morgan fingerprint density at radius 1 is 1.14 bits per heavy atom. The zero-order valence-corrected chi connectivity index (χ0v) is 9.63. The van der Waals surface area contributed by atoms with Gasteiger partial charge in [0.2, 0.25) is 0 Å². The van der Waals surface area contributed by atoms with Gasteiger partial charge < -0.3 is 0 Å². The highest BCUT2D eigenvalue weighted by atomic mass is 14.8. The molecular formula is C13H23N. The van der Waals surface area contributed by atoms with Gasteiger partial charge in [-0.3, -0.25) is 4.99 Å². The van der Waals surface area contributed by atoms with Crippen LogP contribution in [0.4, 0.5) is 0 Å². The van der Waals surface area contributed by atoms with Gasteiger partial charge in [0, 0.05) is 11.6 Å². The van der Waals surface area contributed by atoms with Crippen molar-refractivity contribution in [2.45, 2.75) is 64.8 Å². The normalized spacial score (nSPS) is 31.2. The van der Waals surface area contributed by atoms with Crippen molar-refractivity contribution < 1.29 is 0 Å². The average Bonchev–Trinajstić information content (AvgIpc) is 2.19.